The van der Waals surface area contributed by atoms with Gasteiger partial charge in [0, 0.05) is 23.5 Å². The van der Waals surface area contributed by atoms with E-state index >= 15 is 0 Å². The van der Waals surface area contributed by atoms with E-state index in [1.165, 1.54) is 6.21 Å². The molecule has 0 unspecified atom stereocenters. The molecular weight excluding hydrogens is 382 g/mol. The molecule has 3 rings (SSSR count). The molecule has 1 fully saturated rings. The molecule has 0 aliphatic heterocycles. The number of methoxy groups -OCH3 is 1. The molecule has 0 radical (unpaired) electrons. The summed E-state index contributed by atoms with van der Waals surface area (Å²) in [6.45, 7) is 0. The van der Waals surface area contributed by atoms with E-state index in [1.54, 1.807) is 7.11 Å². The first-order chi connectivity index (χ1) is 12.1. The molecule has 0 spiro atoms. The third kappa shape index (κ3) is 4.23. The Kier molecular flexibility index (Phi) is 5.43. The molecule has 4 nitrogen and oxygen atoms in total. The molecule has 1 aliphatic carbocycles. The van der Waals surface area contributed by atoms with Gasteiger partial charge in [0.1, 0.15) is 23.2 Å². The molecule has 0 amide bonds. The molecule has 1 saturated carbocycles. The standard InChI is InChI=1S/C20H18BrNO3/c1-25-17-8-2-13(3-9-17)14-10-19(23)18(20(24)11-14)12-22-16-6-4-15(21)5-7-16/h2-9,12,14,18H,10-11H2,1H3. The van der Waals surface area contributed by atoms with Crippen molar-refractivity contribution in [1.82, 2.24) is 0 Å². The van der Waals surface area contributed by atoms with Crippen LogP contribution in [0.3, 0.4) is 0 Å². The molecule has 0 aromatic heterocycles. The molecular formula is C20H18BrNO3. The van der Waals surface area contributed by atoms with Crippen molar-refractivity contribution in [3.05, 3.63) is 58.6 Å². The van der Waals surface area contributed by atoms with E-state index in [9.17, 15) is 9.59 Å². The fraction of sp³-hybridized carbons (Fsp3) is 0.250. The van der Waals surface area contributed by atoms with Gasteiger partial charge in [-0.1, -0.05) is 28.1 Å². The lowest BCUT2D eigenvalue weighted by molar-refractivity contribution is -0.133. The minimum Gasteiger partial charge on any atom is -0.497 e. The maximum absolute atomic E-state index is 12.4. The predicted octanol–water partition coefficient (Wildman–Crippen LogP) is 4.49. The van der Waals surface area contributed by atoms with Gasteiger partial charge in [0.15, 0.2) is 0 Å². The predicted molar refractivity (Wildman–Crippen MR) is 101 cm³/mol. The van der Waals surface area contributed by atoms with Gasteiger partial charge in [-0.2, -0.15) is 0 Å². The average Bonchev–Trinajstić information content (AvgIpc) is 2.62. The molecule has 0 heterocycles. The zero-order valence-corrected chi connectivity index (χ0v) is 15.4. The van der Waals surface area contributed by atoms with Crippen LogP contribution >= 0.6 is 15.9 Å². The number of Topliss-reactive ketones (excluding diaryl/α,β-unsaturated/α-hetero) is 2. The lowest BCUT2D eigenvalue weighted by Gasteiger charge is -2.24. The van der Waals surface area contributed by atoms with E-state index in [1.807, 2.05) is 48.5 Å². The van der Waals surface area contributed by atoms with Crippen LogP contribution in [0.4, 0.5) is 5.69 Å². The fourth-order valence-corrected chi connectivity index (χ4v) is 3.22. The summed E-state index contributed by atoms with van der Waals surface area (Å²) in [7, 11) is 1.61. The van der Waals surface area contributed by atoms with Crippen molar-refractivity contribution < 1.29 is 14.3 Å². The van der Waals surface area contributed by atoms with Crippen molar-refractivity contribution in [2.75, 3.05) is 7.11 Å². The van der Waals surface area contributed by atoms with E-state index < -0.39 is 5.92 Å². The molecule has 5 heteroatoms. The van der Waals surface area contributed by atoms with Crippen LogP contribution in [-0.4, -0.2) is 24.9 Å². The minimum absolute atomic E-state index is 0.0664. The number of aliphatic imine (C=N–C) groups is 1. The summed E-state index contributed by atoms with van der Waals surface area (Å²) >= 11 is 3.36. The molecule has 0 atom stereocenters. The van der Waals surface area contributed by atoms with Crippen LogP contribution in [0.5, 0.6) is 5.75 Å². The maximum Gasteiger partial charge on any atom is 0.149 e. The lowest BCUT2D eigenvalue weighted by Crippen LogP contribution is -2.33. The molecule has 2 aromatic rings. The highest BCUT2D eigenvalue weighted by molar-refractivity contribution is 9.10. The maximum atomic E-state index is 12.4. The highest BCUT2D eigenvalue weighted by Crippen LogP contribution is 2.32. The number of carbonyl (C=O) groups is 2. The highest BCUT2D eigenvalue weighted by atomic mass is 79.9. The summed E-state index contributed by atoms with van der Waals surface area (Å²) < 4.78 is 6.10. The van der Waals surface area contributed by atoms with E-state index in [0.29, 0.717) is 12.8 Å². The van der Waals surface area contributed by atoms with E-state index in [-0.39, 0.29) is 17.5 Å². The van der Waals surface area contributed by atoms with Crippen LogP contribution in [0.15, 0.2) is 58.0 Å². The number of hydrogen-bond donors (Lipinski definition) is 0. The van der Waals surface area contributed by atoms with Gasteiger partial charge in [0.05, 0.1) is 12.8 Å². The summed E-state index contributed by atoms with van der Waals surface area (Å²) in [4.78, 5) is 29.2. The Morgan fingerprint density at radius 2 is 1.60 bits per heavy atom. The topological polar surface area (TPSA) is 55.7 Å². The monoisotopic (exact) mass is 399 g/mol. The van der Waals surface area contributed by atoms with Crippen LogP contribution < -0.4 is 4.74 Å². The first-order valence-electron chi connectivity index (χ1n) is 8.06. The molecule has 0 saturated heterocycles. The Labute approximate surface area is 155 Å². The molecule has 1 aliphatic rings. The van der Waals surface area contributed by atoms with Crippen molar-refractivity contribution in [1.29, 1.82) is 0 Å². The fourth-order valence-electron chi connectivity index (χ4n) is 2.96. The van der Waals surface area contributed by atoms with Crippen LogP contribution in [0, 0.1) is 5.92 Å². The number of hydrogen-bond acceptors (Lipinski definition) is 4. The van der Waals surface area contributed by atoms with Gasteiger partial charge >= 0.3 is 0 Å². The average molecular weight is 400 g/mol. The highest BCUT2D eigenvalue weighted by Gasteiger charge is 2.34. The zero-order valence-electron chi connectivity index (χ0n) is 13.8. The smallest absolute Gasteiger partial charge is 0.149 e. The largest absolute Gasteiger partial charge is 0.497 e. The second-order valence-electron chi connectivity index (χ2n) is 6.04. The van der Waals surface area contributed by atoms with Crippen LogP contribution in [0.1, 0.15) is 24.3 Å². The van der Waals surface area contributed by atoms with E-state index in [0.717, 1.165) is 21.5 Å². The summed E-state index contributed by atoms with van der Waals surface area (Å²) in [6.07, 6.45) is 2.20. The van der Waals surface area contributed by atoms with Gasteiger partial charge in [-0.3, -0.25) is 14.6 Å². The second-order valence-corrected chi connectivity index (χ2v) is 6.96. The van der Waals surface area contributed by atoms with Gasteiger partial charge < -0.3 is 4.74 Å². The SMILES string of the molecule is COc1ccc(C2CC(=O)C(C=Nc3ccc(Br)cc3)C(=O)C2)cc1. The molecule has 0 N–H and O–H groups in total. The second kappa shape index (κ2) is 7.74. The Morgan fingerprint density at radius 1 is 1.00 bits per heavy atom. The minimum atomic E-state index is -0.738. The number of nitrogens with zero attached hydrogens (tertiary/aromatic N) is 1. The van der Waals surface area contributed by atoms with Gasteiger partial charge in [-0.05, 0) is 47.9 Å². The van der Waals surface area contributed by atoms with Crippen molar-refractivity contribution in [2.45, 2.75) is 18.8 Å². The number of benzene rings is 2. The summed E-state index contributed by atoms with van der Waals surface area (Å²) in [5, 5.41) is 0. The quantitative estimate of drug-likeness (QED) is 0.561. The van der Waals surface area contributed by atoms with E-state index in [2.05, 4.69) is 20.9 Å². The molecule has 2 aromatic carbocycles. The Balaban J connectivity index is 1.70. The Hall–Kier alpha value is -2.27. The normalized spacial score (nSPS) is 20.9. The van der Waals surface area contributed by atoms with Crippen LogP contribution in [-0.2, 0) is 9.59 Å². The third-order valence-electron chi connectivity index (χ3n) is 4.38. The number of ketones is 2. The summed E-state index contributed by atoms with van der Waals surface area (Å²) in [5.41, 5.74) is 1.71. The Morgan fingerprint density at radius 3 is 2.16 bits per heavy atom. The van der Waals surface area contributed by atoms with Crippen LogP contribution in [0.25, 0.3) is 0 Å². The molecule has 128 valence electrons. The van der Waals surface area contributed by atoms with Crippen LogP contribution in [0.2, 0.25) is 0 Å². The molecule has 25 heavy (non-hydrogen) atoms. The van der Waals surface area contributed by atoms with Gasteiger partial charge in [0.25, 0.3) is 0 Å². The first kappa shape index (κ1) is 17.5. The number of carbonyl (C=O) groups excluding carboxylic acids is 2. The van der Waals surface area contributed by atoms with Gasteiger partial charge in [0.2, 0.25) is 0 Å². The van der Waals surface area contributed by atoms with Crippen molar-refractivity contribution in [3.63, 3.8) is 0 Å². The van der Waals surface area contributed by atoms with E-state index in [4.69, 9.17) is 4.74 Å². The van der Waals surface area contributed by atoms with Crippen molar-refractivity contribution >= 4 is 39.4 Å². The zero-order chi connectivity index (χ0) is 17.8. The number of rotatable bonds is 4. The number of halogens is 1. The lowest BCUT2D eigenvalue weighted by atomic mass is 9.77. The number of ether oxygens (including phenoxy) is 1. The summed E-state index contributed by atoms with van der Waals surface area (Å²) in [6, 6.07) is 14.9. The Bertz CT molecular complexity index is 779. The van der Waals surface area contributed by atoms with Gasteiger partial charge in [-0.15, -0.1) is 0 Å². The van der Waals surface area contributed by atoms with Gasteiger partial charge in [-0.25, -0.2) is 0 Å². The summed E-state index contributed by atoms with van der Waals surface area (Å²) in [5.74, 6) is -0.186. The first-order valence-corrected chi connectivity index (χ1v) is 8.85. The van der Waals surface area contributed by atoms with Crippen molar-refractivity contribution in [2.24, 2.45) is 10.9 Å². The molecule has 0 bridgehead atoms. The third-order valence-corrected chi connectivity index (χ3v) is 4.90. The van der Waals surface area contributed by atoms with Crippen molar-refractivity contribution in [3.8, 4) is 5.75 Å².